The summed E-state index contributed by atoms with van der Waals surface area (Å²) in [6.45, 7) is 0. The normalized spacial score (nSPS) is 19.3. The van der Waals surface area contributed by atoms with Gasteiger partial charge in [0.25, 0.3) is 0 Å². The molecular formula is C9H12F3N3. The van der Waals surface area contributed by atoms with E-state index in [1.807, 2.05) is 0 Å². The van der Waals surface area contributed by atoms with Crippen molar-refractivity contribution in [3.8, 4) is 0 Å². The Morgan fingerprint density at radius 3 is 2.47 bits per heavy atom. The fourth-order valence-electron chi connectivity index (χ4n) is 1.83. The lowest BCUT2D eigenvalue weighted by Crippen LogP contribution is -2.27. The highest BCUT2D eigenvalue weighted by molar-refractivity contribution is 5.33. The number of halogens is 3. The summed E-state index contributed by atoms with van der Waals surface area (Å²) in [6, 6.07) is 0. The number of aromatic nitrogens is 2. The molecule has 1 fully saturated rings. The van der Waals surface area contributed by atoms with Gasteiger partial charge in [-0.2, -0.15) is 18.3 Å². The molecule has 1 aliphatic carbocycles. The van der Waals surface area contributed by atoms with Gasteiger partial charge in [0.2, 0.25) is 0 Å². The summed E-state index contributed by atoms with van der Waals surface area (Å²) in [5, 5.41) is 6.43. The predicted molar refractivity (Wildman–Crippen MR) is 48.2 cm³/mol. The van der Waals surface area contributed by atoms with Gasteiger partial charge in [-0.25, -0.2) is 0 Å². The fraction of sp³-hybridized carbons (Fsp3) is 0.667. The SMILES string of the molecule is CNC1(c2cn(C)nc2C(F)(F)F)CC1. The van der Waals surface area contributed by atoms with E-state index in [4.69, 9.17) is 0 Å². The van der Waals surface area contributed by atoms with Gasteiger partial charge in [0.1, 0.15) is 0 Å². The summed E-state index contributed by atoms with van der Waals surface area (Å²) in [6.07, 6.45) is -1.45. The van der Waals surface area contributed by atoms with Crippen LogP contribution in [0, 0.1) is 0 Å². The molecule has 2 rings (SSSR count). The number of nitrogens with zero attached hydrogens (tertiary/aromatic N) is 2. The summed E-state index contributed by atoms with van der Waals surface area (Å²) in [4.78, 5) is 0. The summed E-state index contributed by atoms with van der Waals surface area (Å²) < 4.78 is 39.2. The molecule has 1 N–H and O–H groups in total. The number of rotatable bonds is 2. The zero-order valence-electron chi connectivity index (χ0n) is 8.52. The van der Waals surface area contributed by atoms with Crippen LogP contribution in [0.4, 0.5) is 13.2 Å². The van der Waals surface area contributed by atoms with Crippen LogP contribution in [0.5, 0.6) is 0 Å². The molecule has 15 heavy (non-hydrogen) atoms. The summed E-state index contributed by atoms with van der Waals surface area (Å²) in [7, 11) is 3.19. The third-order valence-corrected chi connectivity index (χ3v) is 2.84. The van der Waals surface area contributed by atoms with E-state index in [-0.39, 0.29) is 5.56 Å². The third kappa shape index (κ3) is 1.62. The minimum Gasteiger partial charge on any atom is -0.310 e. The van der Waals surface area contributed by atoms with Crippen molar-refractivity contribution < 1.29 is 13.2 Å². The van der Waals surface area contributed by atoms with Crippen LogP contribution in [-0.4, -0.2) is 16.8 Å². The molecule has 1 saturated carbocycles. The van der Waals surface area contributed by atoms with Gasteiger partial charge in [0.15, 0.2) is 5.69 Å². The quantitative estimate of drug-likeness (QED) is 0.819. The van der Waals surface area contributed by atoms with Crippen LogP contribution in [-0.2, 0) is 18.8 Å². The molecule has 0 saturated heterocycles. The Balaban J connectivity index is 2.47. The highest BCUT2D eigenvalue weighted by atomic mass is 19.4. The number of hydrogen-bond donors (Lipinski definition) is 1. The topological polar surface area (TPSA) is 29.9 Å². The predicted octanol–water partition coefficient (Wildman–Crippen LogP) is 1.65. The standard InChI is InChI=1S/C9H12F3N3/c1-13-8(3-4-8)6-5-15(2)14-7(6)9(10,11)12/h5,13H,3-4H2,1-2H3. The first-order chi connectivity index (χ1) is 6.89. The minimum absolute atomic E-state index is 0.264. The van der Waals surface area contributed by atoms with Crippen molar-refractivity contribution in [3.05, 3.63) is 17.5 Å². The third-order valence-electron chi connectivity index (χ3n) is 2.84. The molecule has 0 bridgehead atoms. The molecule has 1 aromatic rings. The molecule has 84 valence electrons. The molecule has 0 amide bonds. The maximum Gasteiger partial charge on any atom is 0.435 e. The van der Waals surface area contributed by atoms with Crippen molar-refractivity contribution in [2.24, 2.45) is 7.05 Å². The molecule has 1 aromatic heterocycles. The maximum atomic E-state index is 12.7. The minimum atomic E-state index is -4.37. The van der Waals surface area contributed by atoms with Crippen molar-refractivity contribution >= 4 is 0 Å². The summed E-state index contributed by atoms with van der Waals surface area (Å²) in [5.41, 5.74) is -1.00. The zero-order chi connectivity index (χ0) is 11.3. The summed E-state index contributed by atoms with van der Waals surface area (Å²) in [5.74, 6) is 0. The Hall–Kier alpha value is -1.04. The zero-order valence-corrected chi connectivity index (χ0v) is 8.52. The number of hydrogen-bond acceptors (Lipinski definition) is 2. The maximum absolute atomic E-state index is 12.7. The second-order valence-corrected chi connectivity index (χ2v) is 3.89. The molecule has 0 radical (unpaired) electrons. The molecule has 1 aliphatic rings. The number of nitrogens with one attached hydrogen (secondary N) is 1. The fourth-order valence-corrected chi connectivity index (χ4v) is 1.83. The van der Waals surface area contributed by atoms with E-state index < -0.39 is 17.4 Å². The number of alkyl halides is 3. The molecule has 1 heterocycles. The molecular weight excluding hydrogens is 207 g/mol. The van der Waals surface area contributed by atoms with Crippen molar-refractivity contribution in [1.82, 2.24) is 15.1 Å². The van der Waals surface area contributed by atoms with Crippen molar-refractivity contribution in [2.45, 2.75) is 24.6 Å². The highest BCUT2D eigenvalue weighted by Crippen LogP contribution is 2.48. The van der Waals surface area contributed by atoms with Gasteiger partial charge in [-0.3, -0.25) is 4.68 Å². The van der Waals surface area contributed by atoms with Crippen LogP contribution < -0.4 is 5.32 Å². The lowest BCUT2D eigenvalue weighted by atomic mass is 10.1. The largest absolute Gasteiger partial charge is 0.435 e. The van der Waals surface area contributed by atoms with E-state index in [2.05, 4.69) is 10.4 Å². The molecule has 6 heteroatoms. The number of aryl methyl sites for hydroxylation is 1. The molecule has 0 unspecified atom stereocenters. The Morgan fingerprint density at radius 1 is 1.47 bits per heavy atom. The second kappa shape index (κ2) is 2.98. The van der Waals surface area contributed by atoms with Crippen LogP contribution in [0.2, 0.25) is 0 Å². The lowest BCUT2D eigenvalue weighted by Gasteiger charge is -2.14. The Labute approximate surface area is 85.3 Å². The smallest absolute Gasteiger partial charge is 0.310 e. The average Bonchev–Trinajstić information content (AvgIpc) is 2.82. The molecule has 3 nitrogen and oxygen atoms in total. The van der Waals surface area contributed by atoms with E-state index in [9.17, 15) is 13.2 Å². The van der Waals surface area contributed by atoms with E-state index in [0.717, 1.165) is 12.8 Å². The van der Waals surface area contributed by atoms with Crippen LogP contribution in [0.25, 0.3) is 0 Å². The molecule has 0 aliphatic heterocycles. The van der Waals surface area contributed by atoms with Gasteiger partial charge in [-0.1, -0.05) is 0 Å². The first-order valence-corrected chi connectivity index (χ1v) is 4.69. The highest BCUT2D eigenvalue weighted by Gasteiger charge is 2.50. The average molecular weight is 219 g/mol. The molecule has 0 spiro atoms. The van der Waals surface area contributed by atoms with Gasteiger partial charge in [-0.05, 0) is 19.9 Å². The van der Waals surface area contributed by atoms with E-state index in [0.29, 0.717) is 0 Å². The van der Waals surface area contributed by atoms with Crippen molar-refractivity contribution in [1.29, 1.82) is 0 Å². The van der Waals surface area contributed by atoms with Gasteiger partial charge in [0, 0.05) is 24.3 Å². The van der Waals surface area contributed by atoms with E-state index >= 15 is 0 Å². The Bertz CT molecular complexity index is 376. The van der Waals surface area contributed by atoms with Crippen LogP contribution in [0.1, 0.15) is 24.1 Å². The second-order valence-electron chi connectivity index (χ2n) is 3.89. The Kier molecular flexibility index (Phi) is 2.08. The van der Waals surface area contributed by atoms with E-state index in [1.165, 1.54) is 17.9 Å². The van der Waals surface area contributed by atoms with E-state index in [1.54, 1.807) is 7.05 Å². The van der Waals surface area contributed by atoms with Gasteiger partial charge in [-0.15, -0.1) is 0 Å². The lowest BCUT2D eigenvalue weighted by molar-refractivity contribution is -0.142. The monoisotopic (exact) mass is 219 g/mol. The van der Waals surface area contributed by atoms with Crippen molar-refractivity contribution in [3.63, 3.8) is 0 Å². The first kappa shape index (κ1) is 10.5. The van der Waals surface area contributed by atoms with Crippen LogP contribution in [0.15, 0.2) is 6.20 Å². The first-order valence-electron chi connectivity index (χ1n) is 4.69. The summed E-state index contributed by atoms with van der Waals surface area (Å²) >= 11 is 0. The molecule has 0 aromatic carbocycles. The van der Waals surface area contributed by atoms with Crippen LogP contribution in [0.3, 0.4) is 0 Å². The van der Waals surface area contributed by atoms with Gasteiger partial charge >= 0.3 is 6.18 Å². The van der Waals surface area contributed by atoms with Crippen LogP contribution >= 0.6 is 0 Å². The Morgan fingerprint density at radius 2 is 2.07 bits per heavy atom. The van der Waals surface area contributed by atoms with Crippen molar-refractivity contribution in [2.75, 3.05) is 7.05 Å². The molecule has 0 atom stereocenters. The van der Waals surface area contributed by atoms with Gasteiger partial charge in [0.05, 0.1) is 0 Å². The van der Waals surface area contributed by atoms with Gasteiger partial charge < -0.3 is 5.32 Å².